The van der Waals surface area contributed by atoms with Crippen LogP contribution in [0.25, 0.3) is 0 Å². The Labute approximate surface area is 160 Å². The summed E-state index contributed by atoms with van der Waals surface area (Å²) in [5.41, 5.74) is 10.9. The highest BCUT2D eigenvalue weighted by molar-refractivity contribution is 6.35. The lowest BCUT2D eigenvalue weighted by Gasteiger charge is -2.07. The van der Waals surface area contributed by atoms with Crippen LogP contribution in [0, 0.1) is 0 Å². The lowest BCUT2D eigenvalue weighted by Crippen LogP contribution is -2.40. The predicted octanol–water partition coefficient (Wildman–Crippen LogP) is 2.60. The Morgan fingerprint density at radius 3 is 1.04 bits per heavy atom. The molecule has 0 aromatic rings. The van der Waals surface area contributed by atoms with Crippen LogP contribution in [0.3, 0.4) is 0 Å². The van der Waals surface area contributed by atoms with E-state index >= 15 is 0 Å². The Hall–Kier alpha value is -1.14. The van der Waals surface area contributed by atoms with E-state index in [0.29, 0.717) is 13.1 Å². The maximum atomic E-state index is 11.7. The molecule has 26 heavy (non-hydrogen) atoms. The van der Waals surface area contributed by atoms with Crippen molar-refractivity contribution in [2.24, 2.45) is 11.5 Å². The van der Waals surface area contributed by atoms with Crippen LogP contribution in [-0.2, 0) is 9.59 Å². The first-order valence-corrected chi connectivity index (χ1v) is 10.7. The van der Waals surface area contributed by atoms with Crippen molar-refractivity contribution < 1.29 is 9.59 Å². The van der Waals surface area contributed by atoms with E-state index in [1.54, 1.807) is 0 Å². The van der Waals surface area contributed by atoms with Gasteiger partial charge in [0.25, 0.3) is 0 Å². The number of unbranched alkanes of at least 4 members (excludes halogenated alkanes) is 12. The van der Waals surface area contributed by atoms with Crippen molar-refractivity contribution in [3.05, 3.63) is 0 Å². The average Bonchev–Trinajstić information content (AvgIpc) is 2.65. The Kier molecular flexibility index (Phi) is 19.3. The van der Waals surface area contributed by atoms with Crippen molar-refractivity contribution in [2.45, 2.75) is 89.9 Å². The second-order valence-corrected chi connectivity index (χ2v) is 7.04. The summed E-state index contributed by atoms with van der Waals surface area (Å²) in [4.78, 5) is 23.3. The number of hydrogen-bond donors (Lipinski definition) is 4. The molecule has 6 N–H and O–H groups in total. The molecule has 0 rings (SSSR count). The molecule has 0 atom stereocenters. The summed E-state index contributed by atoms with van der Waals surface area (Å²) in [6, 6.07) is 0. The minimum absolute atomic E-state index is 0.505. The zero-order valence-electron chi connectivity index (χ0n) is 16.7. The van der Waals surface area contributed by atoms with Gasteiger partial charge >= 0.3 is 11.8 Å². The number of amides is 2. The van der Waals surface area contributed by atoms with Gasteiger partial charge in [0.1, 0.15) is 0 Å². The first-order chi connectivity index (χ1) is 12.7. The minimum Gasteiger partial charge on any atom is -0.348 e. The monoisotopic (exact) mass is 370 g/mol. The van der Waals surface area contributed by atoms with Crippen LogP contribution < -0.4 is 22.1 Å². The van der Waals surface area contributed by atoms with Crippen LogP contribution in [0.1, 0.15) is 89.9 Å². The SMILES string of the molecule is NCCCCCCCCCNC(=O)C(=O)NCCCCCCCCCN. The number of rotatable bonds is 18. The van der Waals surface area contributed by atoms with Crippen molar-refractivity contribution in [2.75, 3.05) is 26.2 Å². The summed E-state index contributed by atoms with van der Waals surface area (Å²) in [5, 5.41) is 5.39. The Morgan fingerprint density at radius 1 is 0.462 bits per heavy atom. The number of carbonyl (C=O) groups is 2. The van der Waals surface area contributed by atoms with E-state index in [1.807, 2.05) is 0 Å². The third-order valence-corrected chi connectivity index (χ3v) is 4.54. The van der Waals surface area contributed by atoms with Crippen LogP contribution >= 0.6 is 0 Å². The normalized spacial score (nSPS) is 10.7. The lowest BCUT2D eigenvalue weighted by molar-refractivity contribution is -0.139. The Morgan fingerprint density at radius 2 is 0.731 bits per heavy atom. The first kappa shape index (κ1) is 24.9. The van der Waals surface area contributed by atoms with E-state index in [1.165, 1.54) is 51.4 Å². The highest BCUT2D eigenvalue weighted by atomic mass is 16.2. The molecule has 154 valence electrons. The standard InChI is InChI=1S/C20H42N4O2/c21-15-11-7-3-1-5-9-13-17-23-19(25)20(26)24-18-14-10-6-2-4-8-12-16-22/h1-18,21-22H2,(H,23,25)(H,24,26). The van der Waals surface area contributed by atoms with Gasteiger partial charge in [-0.25, -0.2) is 0 Å². The molecular weight excluding hydrogens is 328 g/mol. The molecule has 0 unspecified atom stereocenters. The van der Waals surface area contributed by atoms with Crippen LogP contribution in [0.4, 0.5) is 0 Å². The van der Waals surface area contributed by atoms with Crippen LogP contribution in [0.2, 0.25) is 0 Å². The van der Waals surface area contributed by atoms with Crippen molar-refractivity contribution in [3.8, 4) is 0 Å². The summed E-state index contributed by atoms with van der Waals surface area (Å²) in [5.74, 6) is -1.01. The van der Waals surface area contributed by atoms with Crippen LogP contribution in [0.15, 0.2) is 0 Å². The second-order valence-electron chi connectivity index (χ2n) is 7.04. The topological polar surface area (TPSA) is 110 Å². The van der Waals surface area contributed by atoms with Gasteiger partial charge in [-0.3, -0.25) is 9.59 Å². The molecule has 0 aliphatic heterocycles. The summed E-state index contributed by atoms with van der Waals surface area (Å²) in [6.45, 7) is 2.72. The fourth-order valence-corrected chi connectivity index (χ4v) is 2.87. The van der Waals surface area contributed by atoms with Gasteiger partial charge in [-0.05, 0) is 38.8 Å². The zero-order chi connectivity index (χ0) is 19.3. The number of carbonyl (C=O) groups excluding carboxylic acids is 2. The smallest absolute Gasteiger partial charge is 0.309 e. The summed E-state index contributed by atoms with van der Waals surface area (Å²) >= 11 is 0. The fourth-order valence-electron chi connectivity index (χ4n) is 2.87. The largest absolute Gasteiger partial charge is 0.348 e. The van der Waals surface area contributed by atoms with E-state index in [0.717, 1.165) is 51.6 Å². The third-order valence-electron chi connectivity index (χ3n) is 4.54. The zero-order valence-corrected chi connectivity index (χ0v) is 16.7. The number of nitrogens with one attached hydrogen (secondary N) is 2. The summed E-state index contributed by atoms with van der Waals surface area (Å²) < 4.78 is 0. The molecule has 0 aliphatic carbocycles. The predicted molar refractivity (Wildman–Crippen MR) is 109 cm³/mol. The molecular formula is C20H42N4O2. The molecule has 6 nitrogen and oxygen atoms in total. The number of hydrogen-bond acceptors (Lipinski definition) is 4. The molecule has 0 aliphatic rings. The van der Waals surface area contributed by atoms with Gasteiger partial charge in [0, 0.05) is 13.1 Å². The van der Waals surface area contributed by atoms with Gasteiger partial charge < -0.3 is 22.1 Å². The summed E-state index contributed by atoms with van der Waals surface area (Å²) in [7, 11) is 0. The molecule has 0 radical (unpaired) electrons. The van der Waals surface area contributed by atoms with Gasteiger partial charge in [0.15, 0.2) is 0 Å². The molecule has 0 spiro atoms. The molecule has 0 heterocycles. The van der Waals surface area contributed by atoms with Crippen molar-refractivity contribution in [1.82, 2.24) is 10.6 Å². The first-order valence-electron chi connectivity index (χ1n) is 10.7. The van der Waals surface area contributed by atoms with Gasteiger partial charge in [0.05, 0.1) is 0 Å². The lowest BCUT2D eigenvalue weighted by atomic mass is 10.1. The van der Waals surface area contributed by atoms with Crippen molar-refractivity contribution in [3.63, 3.8) is 0 Å². The van der Waals surface area contributed by atoms with E-state index in [9.17, 15) is 9.59 Å². The van der Waals surface area contributed by atoms with Crippen LogP contribution in [0.5, 0.6) is 0 Å². The van der Waals surface area contributed by atoms with E-state index in [-0.39, 0.29) is 0 Å². The molecule has 0 aromatic heterocycles. The molecule has 0 fully saturated rings. The van der Waals surface area contributed by atoms with Gasteiger partial charge in [-0.2, -0.15) is 0 Å². The van der Waals surface area contributed by atoms with E-state index in [2.05, 4.69) is 10.6 Å². The third kappa shape index (κ3) is 17.7. The van der Waals surface area contributed by atoms with Gasteiger partial charge in [-0.1, -0.05) is 64.2 Å². The van der Waals surface area contributed by atoms with Crippen molar-refractivity contribution >= 4 is 11.8 Å². The molecule has 2 amide bonds. The molecule has 0 saturated heterocycles. The van der Waals surface area contributed by atoms with E-state index < -0.39 is 11.8 Å². The number of nitrogens with two attached hydrogens (primary N) is 2. The molecule has 0 saturated carbocycles. The van der Waals surface area contributed by atoms with Gasteiger partial charge in [-0.15, -0.1) is 0 Å². The van der Waals surface area contributed by atoms with Gasteiger partial charge in [0.2, 0.25) is 0 Å². The summed E-state index contributed by atoms with van der Waals surface area (Å²) in [6.07, 6.45) is 16.0. The minimum atomic E-state index is -0.505. The average molecular weight is 371 g/mol. The maximum absolute atomic E-state index is 11.7. The van der Waals surface area contributed by atoms with E-state index in [4.69, 9.17) is 11.5 Å². The van der Waals surface area contributed by atoms with Crippen LogP contribution in [-0.4, -0.2) is 38.0 Å². The second kappa shape index (κ2) is 20.2. The molecule has 0 bridgehead atoms. The Balaban J connectivity index is 3.34. The molecule has 6 heteroatoms. The fraction of sp³-hybridized carbons (Fsp3) is 0.900. The highest BCUT2D eigenvalue weighted by Gasteiger charge is 2.11. The quantitative estimate of drug-likeness (QED) is 0.219. The molecule has 0 aromatic carbocycles. The van der Waals surface area contributed by atoms with Crippen molar-refractivity contribution in [1.29, 1.82) is 0 Å². The Bertz CT molecular complexity index is 306. The highest BCUT2D eigenvalue weighted by Crippen LogP contribution is 2.07. The maximum Gasteiger partial charge on any atom is 0.309 e.